The summed E-state index contributed by atoms with van der Waals surface area (Å²) < 4.78 is 11.7. The first-order valence-electron chi connectivity index (χ1n) is 8.31. The number of hydrogen-bond acceptors (Lipinski definition) is 4. The Kier molecular flexibility index (Phi) is 7.94. The minimum Gasteiger partial charge on any atom is -0.493 e. The van der Waals surface area contributed by atoms with Gasteiger partial charge < -0.3 is 9.47 Å². The van der Waals surface area contributed by atoms with E-state index in [0.29, 0.717) is 28.7 Å². The fourth-order valence-electron chi connectivity index (χ4n) is 2.10. The Morgan fingerprint density at radius 2 is 1.89 bits per heavy atom. The van der Waals surface area contributed by atoms with E-state index < -0.39 is 11.8 Å². The van der Waals surface area contributed by atoms with Crippen molar-refractivity contribution in [3.63, 3.8) is 0 Å². The molecule has 0 saturated heterocycles. The van der Waals surface area contributed by atoms with Gasteiger partial charge >= 0.3 is 0 Å². The van der Waals surface area contributed by atoms with Crippen LogP contribution in [-0.2, 0) is 4.79 Å². The highest BCUT2D eigenvalue weighted by atomic mass is 79.9. The number of hydrazine groups is 1. The van der Waals surface area contributed by atoms with Gasteiger partial charge in [-0.05, 0) is 55.3 Å². The maximum absolute atomic E-state index is 12.4. The first-order valence-corrected chi connectivity index (χ1v) is 9.48. The summed E-state index contributed by atoms with van der Waals surface area (Å²) in [5, 5.41) is 0.620. The third-order valence-electron chi connectivity index (χ3n) is 3.46. The topological polar surface area (TPSA) is 76.7 Å². The van der Waals surface area contributed by atoms with Crippen LogP contribution in [0.2, 0.25) is 5.02 Å². The summed E-state index contributed by atoms with van der Waals surface area (Å²) in [4.78, 5) is 24.3. The molecular weight excluding hydrogens is 436 g/mol. The average Bonchev–Trinajstić information content (AvgIpc) is 2.66. The van der Waals surface area contributed by atoms with E-state index >= 15 is 0 Å². The van der Waals surface area contributed by atoms with Crippen molar-refractivity contribution < 1.29 is 19.1 Å². The number of carbonyl (C=O) groups is 2. The molecule has 0 fully saturated rings. The molecule has 0 aliphatic rings. The lowest BCUT2D eigenvalue weighted by Gasteiger charge is -2.13. The molecule has 2 rings (SSSR count). The van der Waals surface area contributed by atoms with Gasteiger partial charge in [0, 0.05) is 9.50 Å². The molecule has 0 spiro atoms. The molecule has 0 saturated carbocycles. The van der Waals surface area contributed by atoms with Crippen LogP contribution in [-0.4, -0.2) is 25.0 Å². The van der Waals surface area contributed by atoms with Gasteiger partial charge in [-0.3, -0.25) is 20.4 Å². The van der Waals surface area contributed by atoms with Crippen molar-refractivity contribution in [2.24, 2.45) is 0 Å². The van der Waals surface area contributed by atoms with Crippen molar-refractivity contribution in [2.75, 3.05) is 13.2 Å². The van der Waals surface area contributed by atoms with Gasteiger partial charge in [0.2, 0.25) is 0 Å². The number of nitrogens with one attached hydrogen (secondary N) is 2. The summed E-state index contributed by atoms with van der Waals surface area (Å²) in [6, 6.07) is 10.2. The van der Waals surface area contributed by atoms with Crippen molar-refractivity contribution in [3.05, 3.63) is 57.0 Å². The van der Waals surface area contributed by atoms with Crippen LogP contribution in [0.1, 0.15) is 29.3 Å². The lowest BCUT2D eigenvalue weighted by molar-refractivity contribution is -0.123. The van der Waals surface area contributed by atoms with E-state index in [1.54, 1.807) is 36.4 Å². The van der Waals surface area contributed by atoms with Crippen molar-refractivity contribution in [1.29, 1.82) is 0 Å². The van der Waals surface area contributed by atoms with Gasteiger partial charge in [-0.15, -0.1) is 0 Å². The highest BCUT2D eigenvalue weighted by molar-refractivity contribution is 9.10. The first kappa shape index (κ1) is 21.1. The Bertz CT molecular complexity index is 829. The smallest absolute Gasteiger partial charge is 0.276 e. The molecule has 0 aromatic heterocycles. The molecule has 0 aliphatic heterocycles. The van der Waals surface area contributed by atoms with Crippen molar-refractivity contribution in [2.45, 2.75) is 20.3 Å². The zero-order valence-corrected chi connectivity index (χ0v) is 17.3. The van der Waals surface area contributed by atoms with E-state index in [4.69, 9.17) is 21.1 Å². The molecule has 0 atom stereocenters. The fraction of sp³-hybridized carbons (Fsp3) is 0.263. The minimum absolute atomic E-state index is 0.251. The molecular formula is C19H20BrClN2O4. The van der Waals surface area contributed by atoms with E-state index in [2.05, 4.69) is 26.8 Å². The summed E-state index contributed by atoms with van der Waals surface area (Å²) in [6.45, 7) is 4.05. The van der Waals surface area contributed by atoms with E-state index in [1.165, 1.54) is 0 Å². The number of hydrogen-bond donors (Lipinski definition) is 2. The van der Waals surface area contributed by atoms with Gasteiger partial charge in [0.15, 0.2) is 6.61 Å². The molecule has 2 aromatic carbocycles. The van der Waals surface area contributed by atoms with Crippen LogP contribution in [0.5, 0.6) is 11.5 Å². The van der Waals surface area contributed by atoms with E-state index in [1.807, 2.05) is 13.8 Å². The summed E-state index contributed by atoms with van der Waals surface area (Å²) in [5.41, 5.74) is 5.84. The monoisotopic (exact) mass is 454 g/mol. The lowest BCUT2D eigenvalue weighted by Crippen LogP contribution is -2.44. The van der Waals surface area contributed by atoms with Crippen LogP contribution in [0.15, 0.2) is 40.9 Å². The second-order valence-electron chi connectivity index (χ2n) is 5.69. The second-order valence-corrected chi connectivity index (χ2v) is 7.01. The van der Waals surface area contributed by atoms with Crippen LogP contribution in [0, 0.1) is 6.92 Å². The van der Waals surface area contributed by atoms with Crippen LogP contribution in [0.3, 0.4) is 0 Å². The van der Waals surface area contributed by atoms with Gasteiger partial charge in [-0.2, -0.15) is 0 Å². The highest BCUT2D eigenvalue weighted by Gasteiger charge is 2.14. The Morgan fingerprint density at radius 3 is 2.59 bits per heavy atom. The Balaban J connectivity index is 1.90. The van der Waals surface area contributed by atoms with Gasteiger partial charge in [0.1, 0.15) is 11.5 Å². The van der Waals surface area contributed by atoms with E-state index in [9.17, 15) is 9.59 Å². The molecule has 0 unspecified atom stereocenters. The number of aryl methyl sites for hydroxylation is 1. The van der Waals surface area contributed by atoms with Gasteiger partial charge in [0.05, 0.1) is 12.2 Å². The zero-order chi connectivity index (χ0) is 19.8. The number of halogens is 2. The molecule has 0 heterocycles. The first-order chi connectivity index (χ1) is 12.9. The standard InChI is InChI=1S/C19H20BrClN2O4/c1-3-8-26-17-7-4-13(20)10-15(17)19(25)23-22-18(24)11-27-14-5-6-16(21)12(2)9-14/h4-7,9-10H,3,8,11H2,1-2H3,(H,22,24)(H,23,25). The predicted molar refractivity (Wildman–Crippen MR) is 107 cm³/mol. The molecule has 2 N–H and O–H groups in total. The molecule has 144 valence electrons. The second kappa shape index (κ2) is 10.2. The highest BCUT2D eigenvalue weighted by Crippen LogP contribution is 2.23. The lowest BCUT2D eigenvalue weighted by atomic mass is 10.2. The SMILES string of the molecule is CCCOc1ccc(Br)cc1C(=O)NNC(=O)COc1ccc(Cl)c(C)c1. The van der Waals surface area contributed by atoms with E-state index in [-0.39, 0.29) is 6.61 Å². The number of rotatable bonds is 7. The van der Waals surface area contributed by atoms with Crippen molar-refractivity contribution in [3.8, 4) is 11.5 Å². The largest absolute Gasteiger partial charge is 0.493 e. The summed E-state index contributed by atoms with van der Waals surface area (Å²) in [6.07, 6.45) is 0.815. The molecule has 2 amide bonds. The summed E-state index contributed by atoms with van der Waals surface area (Å²) >= 11 is 9.27. The van der Waals surface area contributed by atoms with E-state index in [0.717, 1.165) is 16.5 Å². The van der Waals surface area contributed by atoms with Crippen molar-refractivity contribution >= 4 is 39.3 Å². The van der Waals surface area contributed by atoms with Gasteiger partial charge in [-0.1, -0.05) is 34.5 Å². The predicted octanol–water partition coefficient (Wildman–Crippen LogP) is 4.04. The molecule has 6 nitrogen and oxygen atoms in total. The van der Waals surface area contributed by atoms with Crippen LogP contribution in [0.4, 0.5) is 0 Å². The molecule has 27 heavy (non-hydrogen) atoms. The maximum Gasteiger partial charge on any atom is 0.276 e. The van der Waals surface area contributed by atoms with Gasteiger partial charge in [-0.25, -0.2) is 0 Å². The third kappa shape index (κ3) is 6.45. The molecule has 0 bridgehead atoms. The molecule has 0 radical (unpaired) electrons. The summed E-state index contributed by atoms with van der Waals surface area (Å²) in [5.74, 6) is -0.0274. The normalized spacial score (nSPS) is 10.2. The van der Waals surface area contributed by atoms with Crippen LogP contribution < -0.4 is 20.3 Å². The Hall–Kier alpha value is -2.25. The fourth-order valence-corrected chi connectivity index (χ4v) is 2.58. The van der Waals surface area contributed by atoms with Crippen molar-refractivity contribution in [1.82, 2.24) is 10.9 Å². The van der Waals surface area contributed by atoms with Crippen LogP contribution in [0.25, 0.3) is 0 Å². The average molecular weight is 456 g/mol. The number of amides is 2. The number of carbonyl (C=O) groups excluding carboxylic acids is 2. The number of benzene rings is 2. The molecule has 2 aromatic rings. The Labute approximate surface area is 171 Å². The minimum atomic E-state index is -0.498. The van der Waals surface area contributed by atoms with Crippen LogP contribution >= 0.6 is 27.5 Å². The zero-order valence-electron chi connectivity index (χ0n) is 15.0. The molecule has 8 heteroatoms. The number of ether oxygens (including phenoxy) is 2. The Morgan fingerprint density at radius 1 is 1.11 bits per heavy atom. The quantitative estimate of drug-likeness (QED) is 0.618. The van der Waals surface area contributed by atoms with Gasteiger partial charge in [0.25, 0.3) is 11.8 Å². The third-order valence-corrected chi connectivity index (χ3v) is 4.38. The molecule has 0 aliphatic carbocycles. The maximum atomic E-state index is 12.4. The summed E-state index contributed by atoms with van der Waals surface area (Å²) in [7, 11) is 0.